The maximum Gasteiger partial charge on any atom is 0.308 e. The Labute approximate surface area is 139 Å². The molecule has 1 heterocycles. The van der Waals surface area contributed by atoms with Crippen LogP contribution < -0.4 is 0 Å². The fourth-order valence-electron chi connectivity index (χ4n) is 2.42. The van der Waals surface area contributed by atoms with Crippen molar-refractivity contribution in [2.75, 3.05) is 20.2 Å². The molecule has 118 valence electrons. The Balaban J connectivity index is 1.95. The van der Waals surface area contributed by atoms with Crippen LogP contribution in [0.3, 0.4) is 0 Å². The third kappa shape index (κ3) is 4.02. The largest absolute Gasteiger partial charge is 0.469 e. The van der Waals surface area contributed by atoms with Gasteiger partial charge in [-0.15, -0.1) is 0 Å². The molecule has 22 heavy (non-hydrogen) atoms. The molecule has 1 aromatic rings. The summed E-state index contributed by atoms with van der Waals surface area (Å²) in [7, 11) is 1.39. The predicted molar refractivity (Wildman–Crippen MR) is 86.8 cm³/mol. The van der Waals surface area contributed by atoms with Gasteiger partial charge in [-0.05, 0) is 30.5 Å². The minimum Gasteiger partial charge on any atom is -0.469 e. The van der Waals surface area contributed by atoms with Crippen molar-refractivity contribution in [3.8, 4) is 0 Å². The number of methoxy groups -OCH3 is 1. The number of ether oxygens (including phenoxy) is 1. The molecule has 0 unspecified atom stereocenters. The van der Waals surface area contributed by atoms with Crippen molar-refractivity contribution in [2.45, 2.75) is 12.8 Å². The lowest BCUT2D eigenvalue weighted by Crippen LogP contribution is -2.39. The zero-order valence-electron chi connectivity index (χ0n) is 12.2. The third-order valence-corrected chi connectivity index (χ3v) is 4.56. The fraction of sp³-hybridized carbons (Fsp3) is 0.375. The second-order valence-electron chi connectivity index (χ2n) is 5.10. The number of carbonyl (C=O) groups is 2. The quantitative estimate of drug-likeness (QED) is 0.625. The number of esters is 1. The van der Waals surface area contributed by atoms with E-state index in [0.717, 1.165) is 0 Å². The van der Waals surface area contributed by atoms with Gasteiger partial charge in [0.1, 0.15) is 0 Å². The first-order chi connectivity index (χ1) is 10.5. The van der Waals surface area contributed by atoms with E-state index in [0.29, 0.717) is 41.5 Å². The maximum atomic E-state index is 12.2. The normalized spacial score (nSPS) is 16.0. The van der Waals surface area contributed by atoms with E-state index in [1.54, 1.807) is 29.2 Å². The Morgan fingerprint density at radius 1 is 1.27 bits per heavy atom. The second-order valence-corrected chi connectivity index (χ2v) is 5.88. The Hall–Kier alpha value is -1.52. The van der Waals surface area contributed by atoms with Crippen LogP contribution in [0.1, 0.15) is 18.4 Å². The van der Waals surface area contributed by atoms with Crippen LogP contribution in [0.4, 0.5) is 0 Å². The predicted octanol–water partition coefficient (Wildman–Crippen LogP) is 3.42. The highest BCUT2D eigenvalue weighted by Gasteiger charge is 2.26. The molecule has 6 heteroatoms. The minimum atomic E-state index is -0.201. The summed E-state index contributed by atoms with van der Waals surface area (Å²) in [6.07, 6.45) is 4.40. The van der Waals surface area contributed by atoms with Gasteiger partial charge in [0.2, 0.25) is 5.91 Å². The highest BCUT2D eigenvalue weighted by molar-refractivity contribution is 6.42. The molecule has 0 radical (unpaired) electrons. The van der Waals surface area contributed by atoms with Crippen LogP contribution in [-0.4, -0.2) is 37.0 Å². The van der Waals surface area contributed by atoms with E-state index in [1.807, 2.05) is 0 Å². The summed E-state index contributed by atoms with van der Waals surface area (Å²) in [5.41, 5.74) is 0.701. The van der Waals surface area contributed by atoms with Gasteiger partial charge in [-0.1, -0.05) is 35.3 Å². The smallest absolute Gasteiger partial charge is 0.308 e. The van der Waals surface area contributed by atoms with Gasteiger partial charge < -0.3 is 9.64 Å². The van der Waals surface area contributed by atoms with Gasteiger partial charge in [-0.2, -0.15) is 0 Å². The minimum absolute atomic E-state index is 0.0978. The van der Waals surface area contributed by atoms with E-state index in [9.17, 15) is 9.59 Å². The molecular formula is C16H17Cl2NO3. The highest BCUT2D eigenvalue weighted by Crippen LogP contribution is 2.26. The van der Waals surface area contributed by atoms with E-state index in [1.165, 1.54) is 13.2 Å². The van der Waals surface area contributed by atoms with E-state index >= 15 is 0 Å². The first-order valence-electron chi connectivity index (χ1n) is 7.01. The average Bonchev–Trinajstić information content (AvgIpc) is 2.55. The molecular weight excluding hydrogens is 325 g/mol. The molecule has 0 bridgehead atoms. The van der Waals surface area contributed by atoms with Crippen LogP contribution >= 0.6 is 23.2 Å². The Kier molecular flexibility index (Phi) is 5.86. The van der Waals surface area contributed by atoms with E-state index < -0.39 is 0 Å². The van der Waals surface area contributed by atoms with Gasteiger partial charge in [-0.3, -0.25) is 9.59 Å². The molecule has 1 aliphatic heterocycles. The number of piperidine rings is 1. The lowest BCUT2D eigenvalue weighted by Gasteiger charge is -2.29. The SMILES string of the molecule is COC(=O)C1CCN(C(=O)/C=C/c2cccc(Cl)c2Cl)CC1. The van der Waals surface area contributed by atoms with Gasteiger partial charge in [0.15, 0.2) is 0 Å². The summed E-state index contributed by atoms with van der Waals surface area (Å²) in [4.78, 5) is 25.3. The molecule has 1 amide bonds. The number of rotatable bonds is 3. The monoisotopic (exact) mass is 341 g/mol. The second kappa shape index (κ2) is 7.65. The molecule has 1 fully saturated rings. The fourth-order valence-corrected chi connectivity index (χ4v) is 2.79. The molecule has 4 nitrogen and oxygen atoms in total. The standard InChI is InChI=1S/C16H17Cl2NO3/c1-22-16(21)12-7-9-19(10-8-12)14(20)6-5-11-3-2-4-13(17)15(11)18/h2-6,12H,7-10H2,1H3/b6-5+. The van der Waals surface area contributed by atoms with Crippen LogP contribution in [-0.2, 0) is 14.3 Å². The van der Waals surface area contributed by atoms with Gasteiger partial charge in [0.05, 0.1) is 23.1 Å². The number of hydrogen-bond donors (Lipinski definition) is 0. The number of likely N-dealkylation sites (tertiary alicyclic amines) is 1. The van der Waals surface area contributed by atoms with Gasteiger partial charge in [0.25, 0.3) is 0 Å². The van der Waals surface area contributed by atoms with E-state index in [2.05, 4.69) is 0 Å². The highest BCUT2D eigenvalue weighted by atomic mass is 35.5. The van der Waals surface area contributed by atoms with Crippen molar-refractivity contribution in [1.82, 2.24) is 4.90 Å². The van der Waals surface area contributed by atoms with Crippen molar-refractivity contribution >= 4 is 41.2 Å². The number of carbonyl (C=O) groups excluding carboxylic acids is 2. The number of halogens is 2. The zero-order valence-corrected chi connectivity index (χ0v) is 13.7. The van der Waals surface area contributed by atoms with Crippen LogP contribution in [0.5, 0.6) is 0 Å². The summed E-state index contributed by atoms with van der Waals surface area (Å²) in [6, 6.07) is 5.27. The molecule has 1 aromatic carbocycles. The summed E-state index contributed by atoms with van der Waals surface area (Å²) in [6.45, 7) is 1.10. The molecule has 0 aromatic heterocycles. The Morgan fingerprint density at radius 3 is 2.59 bits per heavy atom. The summed E-state index contributed by atoms with van der Waals surface area (Å²) in [5, 5.41) is 0.882. The van der Waals surface area contributed by atoms with Crippen LogP contribution in [0.2, 0.25) is 10.0 Å². The molecule has 1 saturated heterocycles. The topological polar surface area (TPSA) is 46.6 Å². The van der Waals surface area contributed by atoms with Crippen LogP contribution in [0.15, 0.2) is 24.3 Å². The van der Waals surface area contributed by atoms with Crippen molar-refractivity contribution in [3.05, 3.63) is 39.9 Å². The molecule has 0 aliphatic carbocycles. The first kappa shape index (κ1) is 16.8. The average molecular weight is 342 g/mol. The lowest BCUT2D eigenvalue weighted by atomic mass is 9.97. The molecule has 0 spiro atoms. The van der Waals surface area contributed by atoms with Crippen molar-refractivity contribution < 1.29 is 14.3 Å². The number of nitrogens with zero attached hydrogens (tertiary/aromatic N) is 1. The van der Waals surface area contributed by atoms with Crippen LogP contribution in [0, 0.1) is 5.92 Å². The lowest BCUT2D eigenvalue weighted by molar-refractivity contribution is -0.148. The zero-order chi connectivity index (χ0) is 16.1. The Bertz CT molecular complexity index is 593. The molecule has 0 N–H and O–H groups in total. The van der Waals surface area contributed by atoms with E-state index in [-0.39, 0.29) is 17.8 Å². The first-order valence-corrected chi connectivity index (χ1v) is 7.77. The van der Waals surface area contributed by atoms with Crippen molar-refractivity contribution in [3.63, 3.8) is 0 Å². The van der Waals surface area contributed by atoms with Crippen LogP contribution in [0.25, 0.3) is 6.08 Å². The summed E-state index contributed by atoms with van der Waals surface area (Å²) >= 11 is 12.0. The summed E-state index contributed by atoms with van der Waals surface area (Å²) < 4.78 is 4.73. The third-order valence-electron chi connectivity index (χ3n) is 3.73. The molecule has 0 atom stereocenters. The maximum absolute atomic E-state index is 12.2. The Morgan fingerprint density at radius 2 is 1.95 bits per heavy atom. The van der Waals surface area contributed by atoms with Crippen molar-refractivity contribution in [1.29, 1.82) is 0 Å². The van der Waals surface area contributed by atoms with Gasteiger partial charge in [-0.25, -0.2) is 0 Å². The van der Waals surface area contributed by atoms with E-state index in [4.69, 9.17) is 27.9 Å². The number of hydrogen-bond acceptors (Lipinski definition) is 3. The van der Waals surface area contributed by atoms with Gasteiger partial charge in [0, 0.05) is 19.2 Å². The molecule has 1 aliphatic rings. The van der Waals surface area contributed by atoms with Gasteiger partial charge >= 0.3 is 5.97 Å². The molecule has 2 rings (SSSR count). The van der Waals surface area contributed by atoms with Crippen molar-refractivity contribution in [2.24, 2.45) is 5.92 Å². The summed E-state index contributed by atoms with van der Waals surface area (Å²) in [5.74, 6) is -0.409. The number of benzene rings is 1. The number of amides is 1. The molecule has 0 saturated carbocycles.